The van der Waals surface area contributed by atoms with Crippen LogP contribution in [0.15, 0.2) is 24.3 Å². The molecule has 0 fully saturated rings. The van der Waals surface area contributed by atoms with Crippen molar-refractivity contribution in [2.75, 3.05) is 13.2 Å². The molecule has 142 valence electrons. The molecule has 0 bridgehead atoms. The number of ether oxygens (including phenoxy) is 1. The number of nitrogens with zero attached hydrogens (tertiary/aromatic N) is 1. The third kappa shape index (κ3) is 9.04. The first-order valence-electron chi connectivity index (χ1n) is 8.59. The van der Waals surface area contributed by atoms with Crippen LogP contribution in [0, 0.1) is 11.3 Å². The molecule has 0 aromatic heterocycles. The Bertz CT molecular complexity index is 630. The fraction of sp³-hybridized carbons (Fsp3) is 0.526. The number of nitrogens with one attached hydrogen (secondary N) is 2. The van der Waals surface area contributed by atoms with Crippen LogP contribution >= 0.6 is 0 Å². The summed E-state index contributed by atoms with van der Waals surface area (Å²) in [7, 11) is 0. The Morgan fingerprint density at radius 1 is 1.27 bits per heavy atom. The van der Waals surface area contributed by atoms with Gasteiger partial charge < -0.3 is 20.5 Å². The second kappa shape index (κ2) is 10.4. The van der Waals surface area contributed by atoms with Crippen molar-refractivity contribution in [2.24, 2.45) is 0 Å². The number of hydrogen-bond donors (Lipinski definition) is 3. The molecule has 1 atom stereocenters. The van der Waals surface area contributed by atoms with Gasteiger partial charge in [0.1, 0.15) is 5.60 Å². The first-order valence-corrected chi connectivity index (χ1v) is 8.59. The first kappa shape index (κ1) is 21.5. The highest BCUT2D eigenvalue weighted by molar-refractivity contribution is 5.77. The van der Waals surface area contributed by atoms with Gasteiger partial charge in [-0.15, -0.1) is 0 Å². The lowest BCUT2D eigenvalue weighted by Crippen LogP contribution is -2.43. The predicted molar refractivity (Wildman–Crippen MR) is 97.3 cm³/mol. The zero-order valence-electron chi connectivity index (χ0n) is 15.5. The van der Waals surface area contributed by atoms with E-state index in [1.165, 1.54) is 0 Å². The van der Waals surface area contributed by atoms with Gasteiger partial charge in [0, 0.05) is 25.6 Å². The molecule has 1 aromatic carbocycles. The highest BCUT2D eigenvalue weighted by Crippen LogP contribution is 2.11. The topological polar surface area (TPSA) is 111 Å². The number of nitriles is 1. The van der Waals surface area contributed by atoms with E-state index in [0.29, 0.717) is 24.9 Å². The lowest BCUT2D eigenvalue weighted by Gasteiger charge is -2.23. The van der Waals surface area contributed by atoms with Crippen LogP contribution in [0.25, 0.3) is 0 Å². The molecular weight excluding hydrogens is 334 g/mol. The van der Waals surface area contributed by atoms with Crippen molar-refractivity contribution >= 4 is 12.0 Å². The maximum absolute atomic E-state index is 12.1. The van der Waals surface area contributed by atoms with E-state index in [1.807, 2.05) is 0 Å². The SMILES string of the molecule is CC(C)(C)OC(=O)N[C@@H](CC(=O)NCCCO)Cc1ccc(C#N)cc1. The van der Waals surface area contributed by atoms with Gasteiger partial charge in [-0.1, -0.05) is 12.1 Å². The number of hydrogen-bond acceptors (Lipinski definition) is 5. The molecule has 0 aliphatic carbocycles. The minimum atomic E-state index is -0.632. The Labute approximate surface area is 154 Å². The number of carbonyl (C=O) groups is 2. The standard InChI is InChI=1S/C19H27N3O4/c1-19(2,3)26-18(25)22-16(12-17(24)21-9-4-10-23)11-14-5-7-15(13-20)8-6-14/h5-8,16,23H,4,9-12H2,1-3H3,(H,21,24)(H,22,25)/t16-/m1/s1. The lowest BCUT2D eigenvalue weighted by atomic mass is 10.0. The van der Waals surface area contributed by atoms with E-state index in [4.69, 9.17) is 15.1 Å². The molecule has 0 radical (unpaired) electrons. The van der Waals surface area contributed by atoms with Gasteiger partial charge in [0.05, 0.1) is 11.6 Å². The summed E-state index contributed by atoms with van der Waals surface area (Å²) in [4.78, 5) is 24.1. The second-order valence-electron chi connectivity index (χ2n) is 6.99. The minimum Gasteiger partial charge on any atom is -0.444 e. The summed E-state index contributed by atoms with van der Waals surface area (Å²) in [5.41, 5.74) is 0.812. The first-order chi connectivity index (χ1) is 12.2. The summed E-state index contributed by atoms with van der Waals surface area (Å²) in [6.45, 7) is 5.69. The second-order valence-corrected chi connectivity index (χ2v) is 6.99. The molecule has 0 aliphatic heterocycles. The maximum Gasteiger partial charge on any atom is 0.407 e. The Morgan fingerprint density at radius 3 is 2.46 bits per heavy atom. The number of alkyl carbamates (subject to hydrolysis) is 1. The van der Waals surface area contributed by atoms with Crippen LogP contribution in [0.5, 0.6) is 0 Å². The van der Waals surface area contributed by atoms with E-state index in [2.05, 4.69) is 16.7 Å². The molecule has 3 N–H and O–H groups in total. The van der Waals surface area contributed by atoms with Crippen LogP contribution < -0.4 is 10.6 Å². The molecule has 26 heavy (non-hydrogen) atoms. The van der Waals surface area contributed by atoms with E-state index in [0.717, 1.165) is 5.56 Å². The van der Waals surface area contributed by atoms with Gasteiger partial charge in [-0.05, 0) is 51.3 Å². The molecule has 1 aromatic rings. The fourth-order valence-corrected chi connectivity index (χ4v) is 2.25. The Kier molecular flexibility index (Phi) is 8.59. The van der Waals surface area contributed by atoms with Crippen molar-refractivity contribution < 1.29 is 19.4 Å². The van der Waals surface area contributed by atoms with Gasteiger partial charge in [0.2, 0.25) is 5.91 Å². The summed E-state index contributed by atoms with van der Waals surface area (Å²) < 4.78 is 5.26. The molecule has 0 saturated carbocycles. The normalized spacial score (nSPS) is 12.0. The molecule has 0 spiro atoms. The zero-order chi connectivity index (χ0) is 19.6. The Balaban J connectivity index is 2.74. The van der Waals surface area contributed by atoms with E-state index in [9.17, 15) is 9.59 Å². The number of amides is 2. The average Bonchev–Trinajstić information content (AvgIpc) is 2.54. The van der Waals surface area contributed by atoms with Crippen molar-refractivity contribution in [3.63, 3.8) is 0 Å². The van der Waals surface area contributed by atoms with Crippen LogP contribution in [0.1, 0.15) is 44.7 Å². The molecule has 2 amide bonds. The highest BCUT2D eigenvalue weighted by Gasteiger charge is 2.21. The van der Waals surface area contributed by atoms with Gasteiger partial charge in [0.25, 0.3) is 0 Å². The summed E-state index contributed by atoms with van der Waals surface area (Å²) in [6.07, 6.45) is 0.411. The largest absolute Gasteiger partial charge is 0.444 e. The van der Waals surface area contributed by atoms with E-state index < -0.39 is 17.7 Å². The van der Waals surface area contributed by atoms with Crippen molar-refractivity contribution in [1.29, 1.82) is 5.26 Å². The molecule has 0 saturated heterocycles. The van der Waals surface area contributed by atoms with Crippen molar-refractivity contribution in [1.82, 2.24) is 10.6 Å². The zero-order valence-corrected chi connectivity index (χ0v) is 15.5. The highest BCUT2D eigenvalue weighted by atomic mass is 16.6. The number of carbonyl (C=O) groups excluding carboxylic acids is 2. The molecule has 7 nitrogen and oxygen atoms in total. The van der Waals surface area contributed by atoms with E-state index in [1.54, 1.807) is 45.0 Å². The molecule has 0 aliphatic rings. The van der Waals surface area contributed by atoms with Crippen molar-refractivity contribution in [2.45, 2.75) is 51.7 Å². The van der Waals surface area contributed by atoms with E-state index >= 15 is 0 Å². The smallest absolute Gasteiger partial charge is 0.407 e. The van der Waals surface area contributed by atoms with Crippen LogP contribution in [-0.2, 0) is 16.0 Å². The Morgan fingerprint density at radius 2 is 1.92 bits per heavy atom. The van der Waals surface area contributed by atoms with Crippen molar-refractivity contribution in [3.05, 3.63) is 35.4 Å². The summed E-state index contributed by atoms with van der Waals surface area (Å²) >= 11 is 0. The average molecular weight is 361 g/mol. The van der Waals surface area contributed by atoms with Gasteiger partial charge >= 0.3 is 6.09 Å². The number of aliphatic hydroxyl groups is 1. The van der Waals surface area contributed by atoms with E-state index in [-0.39, 0.29) is 18.9 Å². The molecule has 1 rings (SSSR count). The predicted octanol–water partition coefficient (Wildman–Crippen LogP) is 1.88. The molecule has 0 heterocycles. The van der Waals surface area contributed by atoms with Gasteiger partial charge in [0.15, 0.2) is 0 Å². The number of aliphatic hydroxyl groups excluding tert-OH is 1. The van der Waals surface area contributed by atoms with Crippen LogP contribution in [-0.4, -0.2) is 41.9 Å². The van der Waals surface area contributed by atoms with Gasteiger partial charge in [-0.3, -0.25) is 4.79 Å². The third-order valence-electron chi connectivity index (χ3n) is 3.37. The summed E-state index contributed by atoms with van der Waals surface area (Å²) in [5.74, 6) is -0.215. The van der Waals surface area contributed by atoms with Crippen molar-refractivity contribution in [3.8, 4) is 6.07 Å². The third-order valence-corrected chi connectivity index (χ3v) is 3.37. The quantitative estimate of drug-likeness (QED) is 0.612. The monoisotopic (exact) mass is 361 g/mol. The maximum atomic E-state index is 12.1. The van der Waals surface area contributed by atoms with Crippen LogP contribution in [0.2, 0.25) is 0 Å². The summed E-state index contributed by atoms with van der Waals surface area (Å²) in [5, 5.41) is 23.1. The molecule has 0 unspecified atom stereocenters. The van der Waals surface area contributed by atoms with Gasteiger partial charge in [-0.25, -0.2) is 4.79 Å². The number of rotatable bonds is 8. The van der Waals surface area contributed by atoms with Gasteiger partial charge in [-0.2, -0.15) is 5.26 Å². The van der Waals surface area contributed by atoms with Crippen LogP contribution in [0.3, 0.4) is 0 Å². The number of benzene rings is 1. The lowest BCUT2D eigenvalue weighted by molar-refractivity contribution is -0.121. The molecule has 7 heteroatoms. The fourth-order valence-electron chi connectivity index (χ4n) is 2.25. The minimum absolute atomic E-state index is 0.00507. The molecular formula is C19H27N3O4. The summed E-state index contributed by atoms with van der Waals surface area (Å²) in [6, 6.07) is 8.59. The Hall–Kier alpha value is -2.59. The van der Waals surface area contributed by atoms with Crippen LogP contribution in [0.4, 0.5) is 4.79 Å².